The van der Waals surface area contributed by atoms with E-state index in [9.17, 15) is 43.2 Å². The van der Waals surface area contributed by atoms with Gasteiger partial charge in [0.25, 0.3) is 0 Å². The molecule has 0 radical (unpaired) electrons. The maximum Gasteiger partial charge on any atom is 0.472 e. The Labute approximate surface area is 522 Å². The van der Waals surface area contributed by atoms with Gasteiger partial charge in [-0.2, -0.15) is 0 Å². The van der Waals surface area contributed by atoms with Crippen molar-refractivity contribution >= 4 is 39.5 Å². The molecule has 0 heterocycles. The molecule has 0 saturated carbocycles. The third-order valence-electron chi connectivity index (χ3n) is 14.8. The lowest BCUT2D eigenvalue weighted by atomic mass is 10.0. The summed E-state index contributed by atoms with van der Waals surface area (Å²) in [5, 5.41) is 10.5. The van der Waals surface area contributed by atoms with Crippen LogP contribution in [0.15, 0.2) is 24.3 Å². The van der Waals surface area contributed by atoms with Gasteiger partial charge in [-0.15, -0.1) is 0 Å². The van der Waals surface area contributed by atoms with Crippen LogP contribution in [0.1, 0.15) is 311 Å². The van der Waals surface area contributed by atoms with Crippen LogP contribution in [-0.4, -0.2) is 96.7 Å². The summed E-state index contributed by atoms with van der Waals surface area (Å²) in [6, 6.07) is 0. The normalized spacial score (nSPS) is 14.4. The van der Waals surface area contributed by atoms with Crippen LogP contribution in [0.2, 0.25) is 0 Å². The van der Waals surface area contributed by atoms with Crippen molar-refractivity contribution in [3.63, 3.8) is 0 Å². The molecule has 19 heteroatoms. The second-order valence-corrected chi connectivity index (χ2v) is 27.4. The molecule has 0 aliphatic heterocycles. The molecule has 5 atom stereocenters. The number of aliphatic hydroxyl groups excluding tert-OH is 1. The van der Waals surface area contributed by atoms with E-state index in [4.69, 9.17) is 37.0 Å². The molecule has 0 bridgehead atoms. The van der Waals surface area contributed by atoms with Crippen LogP contribution < -0.4 is 0 Å². The summed E-state index contributed by atoms with van der Waals surface area (Å²) in [6.45, 7) is 9.32. The molecule has 0 fully saturated rings. The molecule has 0 amide bonds. The van der Waals surface area contributed by atoms with E-state index >= 15 is 0 Å². The molecule has 0 aromatic rings. The van der Waals surface area contributed by atoms with Crippen molar-refractivity contribution in [1.29, 1.82) is 0 Å². The van der Waals surface area contributed by atoms with E-state index in [1.165, 1.54) is 109 Å². The summed E-state index contributed by atoms with van der Waals surface area (Å²) in [5.41, 5.74) is 0. The number of phosphoric ester groups is 2. The van der Waals surface area contributed by atoms with Crippen LogP contribution in [0.3, 0.4) is 0 Å². The zero-order chi connectivity index (χ0) is 63.6. The van der Waals surface area contributed by atoms with Crippen molar-refractivity contribution in [1.82, 2.24) is 0 Å². The minimum atomic E-state index is -4.96. The number of rotatable bonds is 64. The lowest BCUT2D eigenvalue weighted by molar-refractivity contribution is -0.161. The lowest BCUT2D eigenvalue weighted by Crippen LogP contribution is -2.30. The van der Waals surface area contributed by atoms with Crippen molar-refractivity contribution in [3.05, 3.63) is 24.3 Å². The predicted molar refractivity (Wildman–Crippen MR) is 344 cm³/mol. The Balaban J connectivity index is 5.28. The fourth-order valence-electron chi connectivity index (χ4n) is 9.52. The Hall–Kier alpha value is -2.46. The van der Waals surface area contributed by atoms with Gasteiger partial charge in [-0.25, -0.2) is 9.13 Å². The van der Waals surface area contributed by atoms with E-state index in [1.807, 2.05) is 0 Å². The van der Waals surface area contributed by atoms with Gasteiger partial charge in [0.05, 0.1) is 26.4 Å². The first kappa shape index (κ1) is 83.5. The van der Waals surface area contributed by atoms with E-state index in [-0.39, 0.29) is 25.7 Å². The molecule has 86 heavy (non-hydrogen) atoms. The fourth-order valence-corrected chi connectivity index (χ4v) is 11.1. The molecule has 0 aliphatic carbocycles. The monoisotopic (exact) mass is 1260 g/mol. The van der Waals surface area contributed by atoms with E-state index in [2.05, 4.69) is 65.8 Å². The second kappa shape index (κ2) is 58.9. The van der Waals surface area contributed by atoms with Gasteiger partial charge in [0, 0.05) is 25.7 Å². The van der Waals surface area contributed by atoms with Gasteiger partial charge in [0.1, 0.15) is 19.3 Å². The molecule has 0 saturated heterocycles. The van der Waals surface area contributed by atoms with Crippen LogP contribution in [0, 0.1) is 11.8 Å². The van der Waals surface area contributed by atoms with E-state index in [0.29, 0.717) is 37.5 Å². The van der Waals surface area contributed by atoms with Crippen LogP contribution in [0.5, 0.6) is 0 Å². The molecule has 0 spiro atoms. The van der Waals surface area contributed by atoms with Crippen LogP contribution in [0.4, 0.5) is 0 Å². The first-order valence-electron chi connectivity index (χ1n) is 34.3. The minimum Gasteiger partial charge on any atom is -0.462 e. The van der Waals surface area contributed by atoms with E-state index in [1.54, 1.807) is 0 Å². The third-order valence-corrected chi connectivity index (χ3v) is 16.7. The Kier molecular flexibility index (Phi) is 57.2. The maximum absolute atomic E-state index is 13.0. The number of phosphoric acid groups is 2. The molecular formula is C67H126O17P2. The lowest BCUT2D eigenvalue weighted by Gasteiger charge is -2.21. The Morgan fingerprint density at radius 3 is 0.953 bits per heavy atom. The Morgan fingerprint density at radius 2 is 0.628 bits per heavy atom. The molecule has 0 aromatic carbocycles. The quantitative estimate of drug-likeness (QED) is 0.0169. The van der Waals surface area contributed by atoms with E-state index < -0.39 is 97.5 Å². The highest BCUT2D eigenvalue weighted by atomic mass is 31.2. The van der Waals surface area contributed by atoms with Crippen molar-refractivity contribution < 1.29 is 80.2 Å². The smallest absolute Gasteiger partial charge is 0.462 e. The average molecular weight is 1270 g/mol. The molecule has 506 valence electrons. The highest BCUT2D eigenvalue weighted by Gasteiger charge is 2.30. The van der Waals surface area contributed by atoms with Crippen LogP contribution in [-0.2, 0) is 65.4 Å². The van der Waals surface area contributed by atoms with E-state index in [0.717, 1.165) is 109 Å². The number of carbonyl (C=O) groups excluding carboxylic acids is 4. The zero-order valence-corrected chi connectivity index (χ0v) is 56.9. The zero-order valence-electron chi connectivity index (χ0n) is 55.1. The molecular weight excluding hydrogens is 1140 g/mol. The Morgan fingerprint density at radius 1 is 0.360 bits per heavy atom. The van der Waals surface area contributed by atoms with Crippen molar-refractivity contribution in [2.24, 2.45) is 11.8 Å². The summed E-state index contributed by atoms with van der Waals surface area (Å²) in [4.78, 5) is 72.3. The second-order valence-electron chi connectivity index (χ2n) is 24.5. The predicted octanol–water partition coefficient (Wildman–Crippen LogP) is 18.4. The fraction of sp³-hybridized carbons (Fsp3) is 0.881. The average Bonchev–Trinajstić information content (AvgIpc) is 3.68. The van der Waals surface area contributed by atoms with Crippen molar-refractivity contribution in [3.8, 4) is 0 Å². The van der Waals surface area contributed by atoms with Crippen LogP contribution >= 0.6 is 15.6 Å². The SMILES string of the molecule is CCCCCC/C=C\C=C/CCCCCCCC(=O)O[C@H](COC(=O)CCCCCCCCCCCCC)COP(=O)(O)OC[C@@H](O)COP(=O)(O)OC[C@@H](COC(=O)CCCCCCCCCC(C)C)OC(=O)CCCCCCCCCC(C)C. The number of carbonyl (C=O) groups is 4. The molecule has 3 N–H and O–H groups in total. The maximum atomic E-state index is 13.0. The topological polar surface area (TPSA) is 237 Å². The highest BCUT2D eigenvalue weighted by molar-refractivity contribution is 7.47. The van der Waals surface area contributed by atoms with Gasteiger partial charge in [0.15, 0.2) is 12.2 Å². The molecule has 0 aromatic heterocycles. The molecule has 0 aliphatic rings. The van der Waals surface area contributed by atoms with Gasteiger partial charge in [-0.1, -0.05) is 258 Å². The number of allylic oxidation sites excluding steroid dienone is 4. The first-order valence-corrected chi connectivity index (χ1v) is 37.3. The number of hydrogen-bond donors (Lipinski definition) is 3. The van der Waals surface area contributed by atoms with Gasteiger partial charge in [0.2, 0.25) is 0 Å². The van der Waals surface area contributed by atoms with Gasteiger partial charge < -0.3 is 33.8 Å². The number of esters is 4. The van der Waals surface area contributed by atoms with Gasteiger partial charge >= 0.3 is 39.5 Å². The number of unbranched alkanes of at least 4 members (excludes halogenated alkanes) is 31. The molecule has 2 unspecified atom stereocenters. The highest BCUT2D eigenvalue weighted by Crippen LogP contribution is 2.45. The number of ether oxygens (including phenoxy) is 4. The Bertz CT molecular complexity index is 1780. The first-order chi connectivity index (χ1) is 41.4. The number of aliphatic hydroxyl groups is 1. The third kappa shape index (κ3) is 60.5. The summed E-state index contributed by atoms with van der Waals surface area (Å²) in [7, 11) is -9.90. The number of hydrogen-bond acceptors (Lipinski definition) is 15. The van der Waals surface area contributed by atoms with Gasteiger partial charge in [-0.3, -0.25) is 37.3 Å². The molecule has 17 nitrogen and oxygen atoms in total. The summed E-state index contributed by atoms with van der Waals surface area (Å²) >= 11 is 0. The van der Waals surface area contributed by atoms with Crippen molar-refractivity contribution in [2.75, 3.05) is 39.6 Å². The summed E-state index contributed by atoms with van der Waals surface area (Å²) in [5.74, 6) is -0.765. The van der Waals surface area contributed by atoms with Crippen molar-refractivity contribution in [2.45, 2.75) is 330 Å². The summed E-state index contributed by atoms with van der Waals surface area (Å²) < 4.78 is 68.0. The molecule has 0 rings (SSSR count). The standard InChI is InChI=1S/C67H126O17P2/c1-7-9-11-13-15-17-19-20-21-22-24-26-32-39-45-51-66(71)83-62(55-77-64(69)49-43-37-31-25-23-18-16-14-12-10-8-2)57-81-85(73,74)79-53-61(68)54-80-86(75,76)82-58-63(84-67(72)52-46-40-34-28-30-36-42-48-60(5)6)56-78-65(70)50-44-38-33-27-29-35-41-47-59(3)4/h17,19-21,59-63,68H,7-16,18,22-58H2,1-6H3,(H,73,74)(H,75,76)/b19-17-,21-20-/t61-,62-,63-/m1/s1. The van der Waals surface area contributed by atoms with Crippen LogP contribution in [0.25, 0.3) is 0 Å². The van der Waals surface area contributed by atoms with Gasteiger partial charge in [-0.05, 0) is 63.2 Å². The largest absolute Gasteiger partial charge is 0.472 e. The minimum absolute atomic E-state index is 0.0847. The summed E-state index contributed by atoms with van der Waals surface area (Å²) in [6.07, 6.45) is 45.4.